The van der Waals surface area contributed by atoms with Crippen LogP contribution < -0.4 is 0 Å². The molecule has 0 amide bonds. The zero-order chi connectivity index (χ0) is 18.4. The number of aromatic nitrogens is 2. The molecule has 0 saturated carbocycles. The van der Waals surface area contributed by atoms with Crippen LogP contribution in [0.15, 0.2) is 96.0 Å². The fourth-order valence-electron chi connectivity index (χ4n) is 2.57. The van der Waals surface area contributed by atoms with Gasteiger partial charge in [0.25, 0.3) is 0 Å². The number of hydrogen-bond donors (Lipinski definition) is 0. The Hall–Kier alpha value is -2.78. The Bertz CT molecular complexity index is 900. The van der Waals surface area contributed by atoms with Gasteiger partial charge < -0.3 is 0 Å². The molecule has 0 spiro atoms. The van der Waals surface area contributed by atoms with Gasteiger partial charge in [0.1, 0.15) is 0 Å². The number of hydrogen-bond acceptors (Lipinski definition) is 2. The summed E-state index contributed by atoms with van der Waals surface area (Å²) in [4.78, 5) is 9.59. The molecule has 26 heavy (non-hydrogen) atoms. The molecule has 0 fully saturated rings. The predicted octanol–water partition coefficient (Wildman–Crippen LogP) is 6.68. The minimum Gasteiger partial charge on any atom is -0.228 e. The summed E-state index contributed by atoms with van der Waals surface area (Å²) in [5, 5.41) is 0. The number of halogens is 1. The first-order valence-corrected chi connectivity index (χ1v) is 9.16. The first-order chi connectivity index (χ1) is 12.7. The standard InChI is InChI=1S/C23H19BrN2/c1-3-4-15-20(17(2)24)22-16-21(18-11-7-5-8-12-18)25-23(26-22)19-13-9-6-10-14-19/h3-16H,2H2,1H3/b4-3-,20-15+. The lowest BCUT2D eigenvalue weighted by molar-refractivity contribution is 1.16. The highest BCUT2D eigenvalue weighted by molar-refractivity contribution is 9.12. The normalized spacial score (nSPS) is 11.7. The van der Waals surface area contributed by atoms with Gasteiger partial charge in [-0.25, -0.2) is 9.97 Å². The van der Waals surface area contributed by atoms with Crippen LogP contribution in [-0.2, 0) is 0 Å². The number of benzene rings is 2. The smallest absolute Gasteiger partial charge is 0.160 e. The zero-order valence-corrected chi connectivity index (χ0v) is 16.1. The summed E-state index contributed by atoms with van der Waals surface area (Å²) in [7, 11) is 0. The average molecular weight is 403 g/mol. The maximum atomic E-state index is 4.80. The molecule has 0 aliphatic carbocycles. The van der Waals surface area contributed by atoms with Crippen molar-refractivity contribution >= 4 is 21.5 Å². The Morgan fingerprint density at radius 1 is 0.923 bits per heavy atom. The van der Waals surface area contributed by atoms with Gasteiger partial charge in [0.15, 0.2) is 5.82 Å². The highest BCUT2D eigenvalue weighted by atomic mass is 79.9. The van der Waals surface area contributed by atoms with Crippen LogP contribution in [0.4, 0.5) is 0 Å². The molecule has 2 nitrogen and oxygen atoms in total. The van der Waals surface area contributed by atoms with Gasteiger partial charge in [-0.1, -0.05) is 101 Å². The van der Waals surface area contributed by atoms with Crippen molar-refractivity contribution in [2.75, 3.05) is 0 Å². The van der Waals surface area contributed by atoms with Crippen molar-refractivity contribution in [2.45, 2.75) is 6.92 Å². The first-order valence-electron chi connectivity index (χ1n) is 8.37. The molecule has 0 saturated heterocycles. The minimum atomic E-state index is 0.696. The molecule has 3 rings (SSSR count). The Morgan fingerprint density at radius 2 is 1.54 bits per heavy atom. The van der Waals surface area contributed by atoms with E-state index in [1.165, 1.54) is 0 Å². The predicted molar refractivity (Wildman–Crippen MR) is 114 cm³/mol. The third kappa shape index (κ3) is 4.24. The summed E-state index contributed by atoms with van der Waals surface area (Å²) in [6.07, 6.45) is 5.96. The van der Waals surface area contributed by atoms with E-state index in [4.69, 9.17) is 9.97 Å². The van der Waals surface area contributed by atoms with E-state index in [9.17, 15) is 0 Å². The van der Waals surface area contributed by atoms with Crippen LogP contribution in [-0.4, -0.2) is 9.97 Å². The van der Waals surface area contributed by atoms with Crippen molar-refractivity contribution in [1.82, 2.24) is 9.97 Å². The van der Waals surface area contributed by atoms with Gasteiger partial charge in [0, 0.05) is 21.2 Å². The van der Waals surface area contributed by atoms with Crippen molar-refractivity contribution in [3.05, 3.63) is 102 Å². The van der Waals surface area contributed by atoms with Gasteiger partial charge >= 0.3 is 0 Å². The number of allylic oxidation sites excluding steroid dienone is 5. The van der Waals surface area contributed by atoms with Crippen LogP contribution in [0.25, 0.3) is 28.2 Å². The Labute approximate surface area is 162 Å². The molecule has 2 aromatic carbocycles. The van der Waals surface area contributed by atoms with E-state index in [2.05, 4.69) is 34.6 Å². The molecular weight excluding hydrogens is 384 g/mol. The molecule has 0 atom stereocenters. The SMILES string of the molecule is C=C(Br)/C(=C\C=C/C)c1cc(-c2ccccc2)nc(-c2ccccc2)n1. The van der Waals surface area contributed by atoms with Crippen LogP contribution >= 0.6 is 15.9 Å². The second kappa shape index (κ2) is 8.54. The maximum absolute atomic E-state index is 4.80. The monoisotopic (exact) mass is 402 g/mol. The summed E-state index contributed by atoms with van der Waals surface area (Å²) >= 11 is 3.51. The largest absolute Gasteiger partial charge is 0.228 e. The Kier molecular flexibility index (Phi) is 5.92. The van der Waals surface area contributed by atoms with Crippen LogP contribution in [0, 0.1) is 0 Å². The van der Waals surface area contributed by atoms with E-state index in [1.54, 1.807) is 0 Å². The van der Waals surface area contributed by atoms with Crippen molar-refractivity contribution in [1.29, 1.82) is 0 Å². The highest BCUT2D eigenvalue weighted by Crippen LogP contribution is 2.30. The second-order valence-corrected chi connectivity index (χ2v) is 6.66. The van der Waals surface area contributed by atoms with Gasteiger partial charge in [-0.15, -0.1) is 0 Å². The molecule has 1 aromatic heterocycles. The van der Waals surface area contributed by atoms with Gasteiger partial charge in [0.2, 0.25) is 0 Å². The topological polar surface area (TPSA) is 25.8 Å². The molecule has 0 aliphatic rings. The quantitative estimate of drug-likeness (QED) is 0.444. The number of rotatable bonds is 5. The van der Waals surface area contributed by atoms with Crippen molar-refractivity contribution in [3.63, 3.8) is 0 Å². The molecule has 0 bridgehead atoms. The molecule has 0 aliphatic heterocycles. The van der Waals surface area contributed by atoms with Crippen LogP contribution in [0.2, 0.25) is 0 Å². The maximum Gasteiger partial charge on any atom is 0.160 e. The second-order valence-electron chi connectivity index (χ2n) is 5.71. The minimum absolute atomic E-state index is 0.696. The van der Waals surface area contributed by atoms with E-state index in [0.29, 0.717) is 5.82 Å². The zero-order valence-electron chi connectivity index (χ0n) is 14.6. The lowest BCUT2D eigenvalue weighted by Gasteiger charge is -2.11. The summed E-state index contributed by atoms with van der Waals surface area (Å²) in [5.41, 5.74) is 4.68. The van der Waals surface area contributed by atoms with Crippen molar-refractivity contribution in [3.8, 4) is 22.6 Å². The van der Waals surface area contributed by atoms with Crippen LogP contribution in [0.1, 0.15) is 12.6 Å². The fraction of sp³-hybridized carbons (Fsp3) is 0.0435. The van der Waals surface area contributed by atoms with E-state index >= 15 is 0 Å². The first kappa shape index (κ1) is 18.0. The molecule has 1 heterocycles. The molecule has 128 valence electrons. The Morgan fingerprint density at radius 3 is 2.12 bits per heavy atom. The third-order valence-electron chi connectivity index (χ3n) is 3.85. The molecular formula is C23H19BrN2. The average Bonchev–Trinajstić information content (AvgIpc) is 2.69. The lowest BCUT2D eigenvalue weighted by Crippen LogP contribution is -1.98. The summed E-state index contributed by atoms with van der Waals surface area (Å²) < 4.78 is 0.785. The molecule has 3 aromatic rings. The third-order valence-corrected chi connectivity index (χ3v) is 4.28. The van der Waals surface area contributed by atoms with Gasteiger partial charge in [-0.3, -0.25) is 0 Å². The summed E-state index contributed by atoms with van der Waals surface area (Å²) in [6, 6.07) is 22.2. The Balaban J connectivity index is 2.22. The molecule has 0 N–H and O–H groups in total. The van der Waals surface area contributed by atoms with Crippen LogP contribution in [0.5, 0.6) is 0 Å². The molecule has 0 unspecified atom stereocenters. The van der Waals surface area contributed by atoms with E-state index in [0.717, 1.165) is 32.6 Å². The van der Waals surface area contributed by atoms with Crippen molar-refractivity contribution in [2.24, 2.45) is 0 Å². The lowest BCUT2D eigenvalue weighted by atomic mass is 10.1. The van der Waals surface area contributed by atoms with Gasteiger partial charge in [0.05, 0.1) is 11.4 Å². The van der Waals surface area contributed by atoms with E-state index in [-0.39, 0.29) is 0 Å². The molecule has 0 radical (unpaired) electrons. The van der Waals surface area contributed by atoms with Gasteiger partial charge in [-0.2, -0.15) is 0 Å². The van der Waals surface area contributed by atoms with E-state index in [1.807, 2.05) is 79.7 Å². The molecule has 3 heteroatoms. The van der Waals surface area contributed by atoms with Crippen molar-refractivity contribution < 1.29 is 0 Å². The van der Waals surface area contributed by atoms with E-state index < -0.39 is 0 Å². The van der Waals surface area contributed by atoms with Gasteiger partial charge in [-0.05, 0) is 13.0 Å². The summed E-state index contributed by atoms with van der Waals surface area (Å²) in [5.74, 6) is 0.696. The fourth-order valence-corrected chi connectivity index (χ4v) is 2.90. The number of nitrogens with zero attached hydrogens (tertiary/aromatic N) is 2. The highest BCUT2D eigenvalue weighted by Gasteiger charge is 2.12. The summed E-state index contributed by atoms with van der Waals surface area (Å²) in [6.45, 7) is 6.03. The van der Waals surface area contributed by atoms with Crippen LogP contribution in [0.3, 0.4) is 0 Å².